The van der Waals surface area contributed by atoms with Crippen LogP contribution in [0.15, 0.2) is 24.3 Å². The molecule has 4 heteroatoms. The van der Waals surface area contributed by atoms with Crippen LogP contribution in [0.25, 0.3) is 0 Å². The van der Waals surface area contributed by atoms with Gasteiger partial charge in [-0.25, -0.2) is 4.39 Å². The number of hydrogen-bond donors (Lipinski definition) is 1. The predicted molar refractivity (Wildman–Crippen MR) is 73.6 cm³/mol. The highest BCUT2D eigenvalue weighted by Crippen LogP contribution is 2.14. The molecule has 1 aliphatic rings. The average molecular weight is 264 g/mol. The summed E-state index contributed by atoms with van der Waals surface area (Å²) in [5.41, 5.74) is 0.423. The van der Waals surface area contributed by atoms with E-state index in [1.165, 1.54) is 12.1 Å². The number of rotatable bonds is 4. The van der Waals surface area contributed by atoms with Gasteiger partial charge in [-0.1, -0.05) is 6.07 Å². The summed E-state index contributed by atoms with van der Waals surface area (Å²) in [5, 5.41) is 3.39. The van der Waals surface area contributed by atoms with Crippen LogP contribution in [-0.4, -0.2) is 36.0 Å². The summed E-state index contributed by atoms with van der Waals surface area (Å²) in [5.74, 6) is -0.461. The zero-order chi connectivity index (χ0) is 13.8. The van der Waals surface area contributed by atoms with E-state index in [1.54, 1.807) is 12.1 Å². The molecule has 0 radical (unpaired) electrons. The summed E-state index contributed by atoms with van der Waals surface area (Å²) in [6.45, 7) is 5.69. The van der Waals surface area contributed by atoms with Gasteiger partial charge >= 0.3 is 0 Å². The van der Waals surface area contributed by atoms with Crippen LogP contribution >= 0.6 is 0 Å². The third kappa shape index (κ3) is 3.53. The van der Waals surface area contributed by atoms with Crippen molar-refractivity contribution in [1.82, 2.24) is 10.2 Å². The molecule has 1 heterocycles. The third-order valence-electron chi connectivity index (χ3n) is 3.54. The van der Waals surface area contributed by atoms with E-state index in [2.05, 4.69) is 5.32 Å². The quantitative estimate of drug-likeness (QED) is 0.906. The van der Waals surface area contributed by atoms with Crippen molar-refractivity contribution >= 4 is 5.91 Å². The van der Waals surface area contributed by atoms with Crippen LogP contribution in [0.3, 0.4) is 0 Å². The van der Waals surface area contributed by atoms with Crippen LogP contribution in [0.5, 0.6) is 0 Å². The Labute approximate surface area is 113 Å². The van der Waals surface area contributed by atoms with E-state index in [0.717, 1.165) is 19.4 Å². The Morgan fingerprint density at radius 2 is 2.32 bits per heavy atom. The van der Waals surface area contributed by atoms with Crippen LogP contribution in [0, 0.1) is 5.82 Å². The second-order valence-electron chi connectivity index (χ2n) is 5.35. The molecule has 1 aliphatic heterocycles. The number of amides is 1. The first-order valence-electron chi connectivity index (χ1n) is 6.88. The Morgan fingerprint density at radius 3 is 2.89 bits per heavy atom. The van der Waals surface area contributed by atoms with Gasteiger partial charge in [-0.05, 0) is 51.4 Å². The Balaban J connectivity index is 2.11. The van der Waals surface area contributed by atoms with Gasteiger partial charge < -0.3 is 10.2 Å². The summed E-state index contributed by atoms with van der Waals surface area (Å²) in [4.78, 5) is 14.3. The molecule has 1 N–H and O–H groups in total. The summed E-state index contributed by atoms with van der Waals surface area (Å²) >= 11 is 0. The van der Waals surface area contributed by atoms with E-state index in [1.807, 2.05) is 18.7 Å². The Hall–Kier alpha value is -1.42. The van der Waals surface area contributed by atoms with Crippen LogP contribution in [0.2, 0.25) is 0 Å². The predicted octanol–water partition coefficient (Wildman–Crippen LogP) is 2.43. The minimum Gasteiger partial charge on any atom is -0.335 e. The molecule has 2 rings (SSSR count). The Morgan fingerprint density at radius 1 is 1.53 bits per heavy atom. The molecule has 1 fully saturated rings. The minimum atomic E-state index is -0.367. The minimum absolute atomic E-state index is 0.0943. The summed E-state index contributed by atoms with van der Waals surface area (Å²) in [6, 6.07) is 6.38. The van der Waals surface area contributed by atoms with Crippen LogP contribution in [0.4, 0.5) is 4.39 Å². The lowest BCUT2D eigenvalue weighted by Crippen LogP contribution is -2.44. The number of nitrogens with one attached hydrogen (secondary N) is 1. The SMILES string of the molecule is CC(C)N(CC1CCCN1)C(=O)c1cccc(F)c1. The molecule has 0 bridgehead atoms. The maximum atomic E-state index is 13.2. The van der Waals surface area contributed by atoms with Gasteiger partial charge in [0.05, 0.1) is 0 Å². The number of benzene rings is 1. The van der Waals surface area contributed by atoms with Gasteiger partial charge in [0, 0.05) is 24.2 Å². The molecule has 104 valence electrons. The first-order valence-corrected chi connectivity index (χ1v) is 6.88. The molecule has 3 nitrogen and oxygen atoms in total. The molecule has 0 saturated carbocycles. The van der Waals surface area contributed by atoms with Gasteiger partial charge in [0.25, 0.3) is 5.91 Å². The largest absolute Gasteiger partial charge is 0.335 e. The lowest BCUT2D eigenvalue weighted by molar-refractivity contribution is 0.0688. The van der Waals surface area contributed by atoms with Crippen LogP contribution in [-0.2, 0) is 0 Å². The first kappa shape index (κ1) is 14.0. The van der Waals surface area contributed by atoms with Crippen molar-refractivity contribution in [2.45, 2.75) is 38.8 Å². The number of halogens is 1. The van der Waals surface area contributed by atoms with Crippen LogP contribution < -0.4 is 5.32 Å². The zero-order valence-corrected chi connectivity index (χ0v) is 11.5. The van der Waals surface area contributed by atoms with E-state index in [4.69, 9.17) is 0 Å². The monoisotopic (exact) mass is 264 g/mol. The molecule has 0 spiro atoms. The van der Waals surface area contributed by atoms with E-state index >= 15 is 0 Å². The smallest absolute Gasteiger partial charge is 0.254 e. The van der Waals surface area contributed by atoms with Crippen molar-refractivity contribution in [2.24, 2.45) is 0 Å². The number of carbonyl (C=O) groups is 1. The highest BCUT2D eigenvalue weighted by molar-refractivity contribution is 5.94. The fourth-order valence-corrected chi connectivity index (χ4v) is 2.47. The summed E-state index contributed by atoms with van der Waals surface area (Å²) in [7, 11) is 0. The molecular weight excluding hydrogens is 243 g/mol. The topological polar surface area (TPSA) is 32.3 Å². The summed E-state index contributed by atoms with van der Waals surface area (Å²) in [6.07, 6.45) is 2.25. The average Bonchev–Trinajstić information content (AvgIpc) is 2.87. The Kier molecular flexibility index (Phi) is 4.53. The van der Waals surface area contributed by atoms with Crippen molar-refractivity contribution in [3.8, 4) is 0 Å². The van der Waals surface area contributed by atoms with Crippen LogP contribution in [0.1, 0.15) is 37.0 Å². The van der Waals surface area contributed by atoms with Gasteiger partial charge in [0.15, 0.2) is 0 Å². The Bertz CT molecular complexity index is 442. The third-order valence-corrected chi connectivity index (χ3v) is 3.54. The maximum Gasteiger partial charge on any atom is 0.254 e. The highest BCUT2D eigenvalue weighted by Gasteiger charge is 2.24. The lowest BCUT2D eigenvalue weighted by Gasteiger charge is -2.29. The first-order chi connectivity index (χ1) is 9.08. The van der Waals surface area contributed by atoms with Crippen molar-refractivity contribution in [3.05, 3.63) is 35.6 Å². The molecule has 1 aromatic rings. The molecule has 1 aromatic carbocycles. The van der Waals surface area contributed by atoms with Crippen molar-refractivity contribution in [3.63, 3.8) is 0 Å². The standard InChI is InChI=1S/C15H21FN2O/c1-11(2)18(10-14-7-4-8-17-14)15(19)12-5-3-6-13(16)9-12/h3,5-6,9,11,14,17H,4,7-8,10H2,1-2H3. The zero-order valence-electron chi connectivity index (χ0n) is 11.5. The van der Waals surface area contributed by atoms with Crippen molar-refractivity contribution in [1.29, 1.82) is 0 Å². The number of nitrogens with zero attached hydrogens (tertiary/aromatic N) is 1. The molecule has 19 heavy (non-hydrogen) atoms. The molecule has 1 amide bonds. The van der Waals surface area contributed by atoms with E-state index in [0.29, 0.717) is 18.2 Å². The fraction of sp³-hybridized carbons (Fsp3) is 0.533. The van der Waals surface area contributed by atoms with Gasteiger partial charge in [0.2, 0.25) is 0 Å². The van der Waals surface area contributed by atoms with E-state index < -0.39 is 0 Å². The number of carbonyl (C=O) groups excluding carboxylic acids is 1. The molecular formula is C15H21FN2O. The van der Waals surface area contributed by atoms with Gasteiger partial charge in [-0.15, -0.1) is 0 Å². The molecule has 0 aromatic heterocycles. The van der Waals surface area contributed by atoms with Gasteiger partial charge in [-0.2, -0.15) is 0 Å². The maximum absolute atomic E-state index is 13.2. The molecule has 1 atom stereocenters. The van der Waals surface area contributed by atoms with Gasteiger partial charge in [0.1, 0.15) is 5.82 Å². The normalized spacial score (nSPS) is 18.8. The second-order valence-corrected chi connectivity index (χ2v) is 5.35. The van der Waals surface area contributed by atoms with E-state index in [-0.39, 0.29) is 17.8 Å². The second kappa shape index (κ2) is 6.15. The molecule has 1 saturated heterocycles. The van der Waals surface area contributed by atoms with Crippen molar-refractivity contribution in [2.75, 3.05) is 13.1 Å². The molecule has 1 unspecified atom stereocenters. The van der Waals surface area contributed by atoms with Gasteiger partial charge in [-0.3, -0.25) is 4.79 Å². The highest BCUT2D eigenvalue weighted by atomic mass is 19.1. The summed E-state index contributed by atoms with van der Waals surface area (Å²) < 4.78 is 13.2. The van der Waals surface area contributed by atoms with Crippen molar-refractivity contribution < 1.29 is 9.18 Å². The molecule has 0 aliphatic carbocycles. The number of hydrogen-bond acceptors (Lipinski definition) is 2. The lowest BCUT2D eigenvalue weighted by atomic mass is 10.1. The fourth-order valence-electron chi connectivity index (χ4n) is 2.47. The van der Waals surface area contributed by atoms with E-state index in [9.17, 15) is 9.18 Å².